The highest BCUT2D eigenvalue weighted by Crippen LogP contribution is 2.41. The fourth-order valence-corrected chi connectivity index (χ4v) is 4.02. The number of ether oxygens (including phenoxy) is 1. The summed E-state index contributed by atoms with van der Waals surface area (Å²) in [4.78, 5) is 32.0. The monoisotopic (exact) mass is 467 g/mol. The van der Waals surface area contributed by atoms with Gasteiger partial charge in [0.25, 0.3) is 11.7 Å². The van der Waals surface area contributed by atoms with Crippen LogP contribution in [0.5, 0.6) is 5.75 Å². The lowest BCUT2D eigenvalue weighted by Gasteiger charge is -2.24. The lowest BCUT2D eigenvalue weighted by molar-refractivity contribution is -0.132. The Labute approximate surface area is 203 Å². The molecule has 1 aliphatic heterocycles. The van der Waals surface area contributed by atoms with Crippen molar-refractivity contribution in [2.75, 3.05) is 11.5 Å². The first-order chi connectivity index (χ1) is 17.0. The van der Waals surface area contributed by atoms with Gasteiger partial charge in [0.15, 0.2) is 0 Å². The van der Waals surface area contributed by atoms with Crippen molar-refractivity contribution >= 4 is 23.1 Å². The number of Topliss-reactive ketones (excluding diaryl/α,β-unsaturated/α-hetero) is 1. The third kappa shape index (κ3) is 4.92. The highest BCUT2D eigenvalue weighted by Gasteiger charge is 2.47. The maximum absolute atomic E-state index is 13.2. The predicted molar refractivity (Wildman–Crippen MR) is 132 cm³/mol. The van der Waals surface area contributed by atoms with Gasteiger partial charge in [-0.3, -0.25) is 19.5 Å². The van der Waals surface area contributed by atoms with E-state index in [-0.39, 0.29) is 11.3 Å². The van der Waals surface area contributed by atoms with Crippen LogP contribution in [0, 0.1) is 11.3 Å². The molecule has 1 unspecified atom stereocenters. The molecule has 1 N–H and O–H groups in total. The molecule has 0 bridgehead atoms. The fourth-order valence-electron chi connectivity index (χ4n) is 4.02. The highest BCUT2D eigenvalue weighted by molar-refractivity contribution is 6.51. The molecule has 1 aliphatic rings. The summed E-state index contributed by atoms with van der Waals surface area (Å²) in [5.74, 6) is -1.20. The van der Waals surface area contributed by atoms with Crippen LogP contribution < -0.4 is 9.64 Å². The van der Waals surface area contributed by atoms with Gasteiger partial charge in [0.05, 0.1) is 29.5 Å². The van der Waals surface area contributed by atoms with E-state index < -0.39 is 17.7 Å². The van der Waals surface area contributed by atoms with Crippen LogP contribution in [0.3, 0.4) is 0 Å². The number of hydrogen-bond donors (Lipinski definition) is 1. The molecule has 0 saturated carbocycles. The molecule has 0 radical (unpaired) electrons. The molecule has 2 heterocycles. The number of unbranched alkanes of at least 4 members (excludes halogenated alkanes) is 2. The molecule has 0 spiro atoms. The van der Waals surface area contributed by atoms with Crippen LogP contribution in [0.15, 0.2) is 78.5 Å². The number of anilines is 1. The molecule has 1 fully saturated rings. The number of amides is 1. The lowest BCUT2D eigenvalue weighted by Crippen LogP contribution is -2.29. The van der Waals surface area contributed by atoms with Crippen LogP contribution >= 0.6 is 0 Å². The summed E-state index contributed by atoms with van der Waals surface area (Å²) < 4.78 is 5.73. The molecule has 2 aromatic carbocycles. The molecular formula is C28H25N3O4. The Kier molecular flexibility index (Phi) is 7.22. The molecular weight excluding hydrogens is 442 g/mol. The number of nitrogens with zero attached hydrogens (tertiary/aromatic N) is 3. The molecule has 1 saturated heterocycles. The number of carbonyl (C=O) groups excluding carboxylic acids is 2. The van der Waals surface area contributed by atoms with E-state index >= 15 is 0 Å². The first-order valence-corrected chi connectivity index (χ1v) is 11.5. The van der Waals surface area contributed by atoms with E-state index in [9.17, 15) is 14.7 Å². The predicted octanol–water partition coefficient (Wildman–Crippen LogP) is 5.15. The minimum Gasteiger partial charge on any atom is -0.507 e. The van der Waals surface area contributed by atoms with Crippen LogP contribution in [0.2, 0.25) is 0 Å². The number of nitriles is 1. The molecule has 1 amide bonds. The van der Waals surface area contributed by atoms with Crippen molar-refractivity contribution in [3.05, 3.63) is 95.3 Å². The molecule has 7 nitrogen and oxygen atoms in total. The normalized spacial score (nSPS) is 16.8. The van der Waals surface area contributed by atoms with Crippen LogP contribution in [-0.4, -0.2) is 28.4 Å². The van der Waals surface area contributed by atoms with E-state index in [0.717, 1.165) is 19.3 Å². The summed E-state index contributed by atoms with van der Waals surface area (Å²) in [5.41, 5.74) is 1.64. The smallest absolute Gasteiger partial charge is 0.300 e. The van der Waals surface area contributed by atoms with Gasteiger partial charge in [-0.25, -0.2) is 0 Å². The van der Waals surface area contributed by atoms with Crippen molar-refractivity contribution in [1.29, 1.82) is 5.26 Å². The Morgan fingerprint density at radius 2 is 1.80 bits per heavy atom. The van der Waals surface area contributed by atoms with E-state index in [1.54, 1.807) is 72.9 Å². The van der Waals surface area contributed by atoms with E-state index in [0.29, 0.717) is 34.9 Å². The summed E-state index contributed by atoms with van der Waals surface area (Å²) in [5, 5.41) is 20.3. The van der Waals surface area contributed by atoms with Crippen molar-refractivity contribution in [2.45, 2.75) is 32.2 Å². The zero-order chi connectivity index (χ0) is 24.8. The zero-order valence-electron chi connectivity index (χ0n) is 19.3. The minimum absolute atomic E-state index is 0.0466. The quantitative estimate of drug-likeness (QED) is 0.213. The number of ketones is 1. The van der Waals surface area contributed by atoms with Gasteiger partial charge < -0.3 is 9.84 Å². The Morgan fingerprint density at radius 1 is 1.06 bits per heavy atom. The second kappa shape index (κ2) is 10.7. The SMILES string of the molecule is CCCCCOc1ccc(/C(O)=C2/C(=O)C(=O)N(c3ccc(C#N)cc3)C2c2ccccn2)cc1. The number of aliphatic hydroxyl groups excluding tert-OH is 1. The number of benzene rings is 2. The zero-order valence-corrected chi connectivity index (χ0v) is 19.3. The maximum atomic E-state index is 13.2. The number of pyridine rings is 1. The van der Waals surface area contributed by atoms with Gasteiger partial charge in [0, 0.05) is 17.4 Å². The average Bonchev–Trinajstić information content (AvgIpc) is 3.17. The maximum Gasteiger partial charge on any atom is 0.300 e. The van der Waals surface area contributed by atoms with Gasteiger partial charge in [-0.2, -0.15) is 5.26 Å². The van der Waals surface area contributed by atoms with Crippen LogP contribution in [0.4, 0.5) is 5.69 Å². The van der Waals surface area contributed by atoms with Crippen LogP contribution in [-0.2, 0) is 9.59 Å². The average molecular weight is 468 g/mol. The number of aliphatic hydroxyl groups is 1. The second-order valence-electron chi connectivity index (χ2n) is 8.16. The Bertz CT molecular complexity index is 1280. The largest absolute Gasteiger partial charge is 0.507 e. The summed E-state index contributed by atoms with van der Waals surface area (Å²) in [6.45, 7) is 2.73. The highest BCUT2D eigenvalue weighted by atomic mass is 16.5. The van der Waals surface area contributed by atoms with Crippen LogP contribution in [0.1, 0.15) is 49.0 Å². The topological polar surface area (TPSA) is 104 Å². The first-order valence-electron chi connectivity index (χ1n) is 11.5. The van der Waals surface area contributed by atoms with Crippen LogP contribution in [0.25, 0.3) is 5.76 Å². The lowest BCUT2D eigenvalue weighted by atomic mass is 9.98. The van der Waals surface area contributed by atoms with Crippen molar-refractivity contribution in [2.24, 2.45) is 0 Å². The Morgan fingerprint density at radius 3 is 2.43 bits per heavy atom. The molecule has 7 heteroatoms. The standard InChI is InChI=1S/C28H25N3O4/c1-2-3-6-17-35-22-14-10-20(11-15-22)26(32)24-25(23-7-4-5-16-30-23)31(28(34)27(24)33)21-12-8-19(18-29)9-13-21/h4-5,7-16,25,32H,2-3,6,17H2,1H3/b26-24-. The van der Waals surface area contributed by atoms with Gasteiger partial charge in [0.1, 0.15) is 17.6 Å². The number of carbonyl (C=O) groups is 2. The Hall–Kier alpha value is -4.44. The summed E-state index contributed by atoms with van der Waals surface area (Å²) in [6, 6.07) is 19.4. The van der Waals surface area contributed by atoms with E-state index in [4.69, 9.17) is 10.00 Å². The summed E-state index contributed by atoms with van der Waals surface area (Å²) in [7, 11) is 0. The van der Waals surface area contributed by atoms with Crippen molar-refractivity contribution in [3.8, 4) is 11.8 Å². The molecule has 176 valence electrons. The molecule has 35 heavy (non-hydrogen) atoms. The number of aromatic nitrogens is 1. The van der Waals surface area contributed by atoms with Gasteiger partial charge in [-0.15, -0.1) is 0 Å². The molecule has 3 aromatic rings. The third-order valence-electron chi connectivity index (χ3n) is 5.83. The summed E-state index contributed by atoms with van der Waals surface area (Å²) >= 11 is 0. The van der Waals surface area contributed by atoms with E-state index in [2.05, 4.69) is 11.9 Å². The molecule has 0 aliphatic carbocycles. The summed E-state index contributed by atoms with van der Waals surface area (Å²) in [6.07, 6.45) is 4.72. The van der Waals surface area contributed by atoms with E-state index in [1.807, 2.05) is 6.07 Å². The van der Waals surface area contributed by atoms with Gasteiger partial charge in [0.2, 0.25) is 0 Å². The molecule has 1 aromatic heterocycles. The van der Waals surface area contributed by atoms with Gasteiger partial charge >= 0.3 is 0 Å². The second-order valence-corrected chi connectivity index (χ2v) is 8.16. The van der Waals surface area contributed by atoms with Crippen molar-refractivity contribution < 1.29 is 19.4 Å². The number of rotatable bonds is 8. The molecule has 1 atom stereocenters. The van der Waals surface area contributed by atoms with Crippen molar-refractivity contribution in [1.82, 2.24) is 4.98 Å². The van der Waals surface area contributed by atoms with Gasteiger partial charge in [-0.05, 0) is 67.1 Å². The van der Waals surface area contributed by atoms with E-state index in [1.165, 1.54) is 4.90 Å². The first kappa shape index (κ1) is 23.7. The Balaban J connectivity index is 1.73. The van der Waals surface area contributed by atoms with Gasteiger partial charge in [-0.1, -0.05) is 25.8 Å². The fraction of sp³-hybridized carbons (Fsp3) is 0.214. The third-order valence-corrected chi connectivity index (χ3v) is 5.83. The van der Waals surface area contributed by atoms with Crippen molar-refractivity contribution in [3.63, 3.8) is 0 Å². The molecule has 4 rings (SSSR count). The number of hydrogen-bond acceptors (Lipinski definition) is 6. The minimum atomic E-state index is -0.922.